The Morgan fingerprint density at radius 1 is 1.35 bits per heavy atom. The van der Waals surface area contributed by atoms with Crippen molar-refractivity contribution in [3.8, 4) is 17.3 Å². The number of hydrogen-bond donors (Lipinski definition) is 0. The zero-order valence-electron chi connectivity index (χ0n) is 13.2. The Morgan fingerprint density at radius 2 is 2.09 bits per heavy atom. The van der Waals surface area contributed by atoms with Gasteiger partial charge in [0.2, 0.25) is 0 Å². The molecule has 0 unspecified atom stereocenters. The maximum absolute atomic E-state index is 14.2. The number of methoxy groups -OCH3 is 1. The minimum atomic E-state index is -0.357. The number of halogens is 1. The topological polar surface area (TPSA) is 55.1 Å². The molecule has 0 aliphatic heterocycles. The molecule has 0 aliphatic carbocycles. The average Bonchev–Trinajstić information content (AvgIpc) is 2.56. The molecule has 120 valence electrons. The molecular formula is C17H17FN2O2S. The van der Waals surface area contributed by atoms with Crippen molar-refractivity contribution >= 4 is 11.8 Å². The van der Waals surface area contributed by atoms with Crippen LogP contribution in [0.15, 0.2) is 29.3 Å². The van der Waals surface area contributed by atoms with Crippen LogP contribution in [0.25, 0.3) is 11.3 Å². The molecule has 23 heavy (non-hydrogen) atoms. The molecule has 0 aliphatic rings. The van der Waals surface area contributed by atoms with Crippen molar-refractivity contribution in [2.75, 3.05) is 20.2 Å². The van der Waals surface area contributed by atoms with Crippen LogP contribution in [0.4, 0.5) is 4.39 Å². The second-order valence-corrected chi connectivity index (χ2v) is 5.59. The average molecular weight is 332 g/mol. The van der Waals surface area contributed by atoms with Gasteiger partial charge >= 0.3 is 0 Å². The smallest absolute Gasteiger partial charge is 0.146 e. The van der Waals surface area contributed by atoms with Gasteiger partial charge in [0.05, 0.1) is 17.9 Å². The third-order valence-electron chi connectivity index (χ3n) is 3.42. The van der Waals surface area contributed by atoms with E-state index in [1.807, 2.05) is 13.2 Å². The van der Waals surface area contributed by atoms with E-state index in [0.29, 0.717) is 27.4 Å². The fraction of sp³-hybridized carbons (Fsp3) is 0.294. The summed E-state index contributed by atoms with van der Waals surface area (Å²) in [6.45, 7) is 2.14. The first kappa shape index (κ1) is 17.4. The van der Waals surface area contributed by atoms with Gasteiger partial charge in [-0.05, 0) is 30.9 Å². The summed E-state index contributed by atoms with van der Waals surface area (Å²) in [5.41, 5.74) is 2.84. The Morgan fingerprint density at radius 3 is 2.70 bits per heavy atom. The molecule has 2 aromatic rings. The summed E-state index contributed by atoms with van der Waals surface area (Å²) >= 11 is 1.36. The zero-order valence-corrected chi connectivity index (χ0v) is 14.0. The lowest BCUT2D eigenvalue weighted by molar-refractivity contribution is -0.0391. The Balaban J connectivity index is 2.65. The lowest BCUT2D eigenvalue weighted by Crippen LogP contribution is -2.07. The van der Waals surface area contributed by atoms with Gasteiger partial charge in [0.25, 0.3) is 0 Å². The van der Waals surface area contributed by atoms with Crippen LogP contribution in [0, 0.1) is 24.1 Å². The minimum Gasteiger partial charge on any atom is -0.359 e. The number of thioether (sulfide) groups is 1. The number of benzene rings is 1. The van der Waals surface area contributed by atoms with Gasteiger partial charge in [-0.3, -0.25) is 0 Å². The summed E-state index contributed by atoms with van der Waals surface area (Å²) in [4.78, 5) is 4.51. The molecule has 0 amide bonds. The fourth-order valence-corrected chi connectivity index (χ4v) is 2.86. The van der Waals surface area contributed by atoms with E-state index in [2.05, 4.69) is 11.1 Å². The van der Waals surface area contributed by atoms with E-state index in [4.69, 9.17) is 9.47 Å². The first-order valence-electron chi connectivity index (χ1n) is 6.93. The summed E-state index contributed by atoms with van der Waals surface area (Å²) < 4.78 is 24.5. The van der Waals surface area contributed by atoms with Crippen molar-refractivity contribution in [1.29, 1.82) is 5.26 Å². The molecule has 0 bridgehead atoms. The normalized spacial score (nSPS) is 10.6. The van der Waals surface area contributed by atoms with E-state index >= 15 is 0 Å². The Labute approximate surface area is 139 Å². The SMILES string of the molecule is COCOCc1c(-c2ccccc2F)nc(SC)c(C#N)c1C. The highest BCUT2D eigenvalue weighted by atomic mass is 32.2. The Bertz CT molecular complexity index is 744. The molecule has 0 radical (unpaired) electrons. The van der Waals surface area contributed by atoms with Crippen LogP contribution in [-0.4, -0.2) is 25.1 Å². The number of ether oxygens (including phenoxy) is 2. The summed E-state index contributed by atoms with van der Waals surface area (Å²) in [6, 6.07) is 8.63. The third kappa shape index (κ3) is 3.70. The third-order valence-corrected chi connectivity index (χ3v) is 4.10. The maximum Gasteiger partial charge on any atom is 0.146 e. The Kier molecular flexibility index (Phi) is 6.11. The molecular weight excluding hydrogens is 315 g/mol. The standard InChI is InChI=1S/C17H17FN2O2S/c1-11-13(8-19)17(23-3)20-16(14(11)9-22-10-21-2)12-6-4-5-7-15(12)18/h4-7H,9-10H2,1-3H3. The summed E-state index contributed by atoms with van der Waals surface area (Å²) in [7, 11) is 1.53. The van der Waals surface area contributed by atoms with Gasteiger partial charge in [0.15, 0.2) is 0 Å². The molecule has 0 N–H and O–H groups in total. The lowest BCUT2D eigenvalue weighted by Gasteiger charge is -2.16. The molecule has 1 aromatic carbocycles. The van der Waals surface area contributed by atoms with Gasteiger partial charge in [-0.2, -0.15) is 5.26 Å². The Hall–Kier alpha value is -1.94. The van der Waals surface area contributed by atoms with Gasteiger partial charge in [-0.15, -0.1) is 11.8 Å². The number of hydrogen-bond acceptors (Lipinski definition) is 5. The number of nitriles is 1. The van der Waals surface area contributed by atoms with Crippen LogP contribution in [0.3, 0.4) is 0 Å². The molecule has 4 nitrogen and oxygen atoms in total. The van der Waals surface area contributed by atoms with Crippen LogP contribution in [0.1, 0.15) is 16.7 Å². The highest BCUT2D eigenvalue weighted by Gasteiger charge is 2.19. The number of pyridine rings is 1. The van der Waals surface area contributed by atoms with Crippen molar-refractivity contribution in [2.24, 2.45) is 0 Å². The molecule has 0 spiro atoms. The predicted octanol–water partition coefficient (Wildman–Crippen LogP) is 3.91. The van der Waals surface area contributed by atoms with Gasteiger partial charge in [-0.1, -0.05) is 12.1 Å². The molecule has 0 atom stereocenters. The predicted molar refractivity (Wildman–Crippen MR) is 87.5 cm³/mol. The number of rotatable bonds is 6. The van der Waals surface area contributed by atoms with Crippen LogP contribution < -0.4 is 0 Å². The van der Waals surface area contributed by atoms with Gasteiger partial charge in [0, 0.05) is 18.2 Å². The maximum atomic E-state index is 14.2. The molecule has 0 saturated heterocycles. The lowest BCUT2D eigenvalue weighted by atomic mass is 9.99. The van der Waals surface area contributed by atoms with E-state index in [1.54, 1.807) is 18.2 Å². The molecule has 1 aromatic heterocycles. The highest BCUT2D eigenvalue weighted by molar-refractivity contribution is 7.98. The second kappa shape index (κ2) is 8.06. The molecule has 2 rings (SSSR count). The monoisotopic (exact) mass is 332 g/mol. The highest BCUT2D eigenvalue weighted by Crippen LogP contribution is 2.33. The fourth-order valence-electron chi connectivity index (χ4n) is 2.27. The van der Waals surface area contributed by atoms with Crippen molar-refractivity contribution in [1.82, 2.24) is 4.98 Å². The number of nitrogens with zero attached hydrogens (tertiary/aromatic N) is 2. The van der Waals surface area contributed by atoms with E-state index in [9.17, 15) is 9.65 Å². The number of aromatic nitrogens is 1. The van der Waals surface area contributed by atoms with E-state index in [0.717, 1.165) is 5.56 Å². The van der Waals surface area contributed by atoms with Gasteiger partial charge in [-0.25, -0.2) is 9.37 Å². The van der Waals surface area contributed by atoms with Crippen molar-refractivity contribution in [3.63, 3.8) is 0 Å². The summed E-state index contributed by atoms with van der Waals surface area (Å²) in [5, 5.41) is 9.98. The first-order chi connectivity index (χ1) is 11.1. The van der Waals surface area contributed by atoms with Crippen molar-refractivity contribution in [3.05, 3.63) is 46.8 Å². The van der Waals surface area contributed by atoms with Crippen molar-refractivity contribution in [2.45, 2.75) is 18.6 Å². The summed E-state index contributed by atoms with van der Waals surface area (Å²) in [6.07, 6.45) is 1.84. The molecule has 0 saturated carbocycles. The molecule has 0 fully saturated rings. The summed E-state index contributed by atoms with van der Waals surface area (Å²) in [5.74, 6) is -0.357. The van der Waals surface area contributed by atoms with E-state index in [1.165, 1.54) is 24.9 Å². The minimum absolute atomic E-state index is 0.113. The largest absolute Gasteiger partial charge is 0.359 e. The van der Waals surface area contributed by atoms with Crippen LogP contribution in [0.2, 0.25) is 0 Å². The zero-order chi connectivity index (χ0) is 16.8. The van der Waals surface area contributed by atoms with Crippen molar-refractivity contribution < 1.29 is 13.9 Å². The van der Waals surface area contributed by atoms with Gasteiger partial charge < -0.3 is 9.47 Å². The van der Waals surface area contributed by atoms with Gasteiger partial charge in [0.1, 0.15) is 23.7 Å². The van der Waals surface area contributed by atoms with E-state index in [-0.39, 0.29) is 19.2 Å². The van der Waals surface area contributed by atoms with Crippen LogP contribution >= 0.6 is 11.8 Å². The van der Waals surface area contributed by atoms with Crippen LogP contribution in [-0.2, 0) is 16.1 Å². The second-order valence-electron chi connectivity index (χ2n) is 4.79. The van der Waals surface area contributed by atoms with Crippen LogP contribution in [0.5, 0.6) is 0 Å². The first-order valence-corrected chi connectivity index (χ1v) is 8.15. The van der Waals surface area contributed by atoms with E-state index < -0.39 is 0 Å². The molecule has 6 heteroatoms. The molecule has 1 heterocycles. The quantitative estimate of drug-likeness (QED) is 0.456.